The van der Waals surface area contributed by atoms with E-state index in [9.17, 15) is 18.5 Å². The molecule has 2 N–H and O–H groups in total. The van der Waals surface area contributed by atoms with Gasteiger partial charge in [-0.2, -0.15) is 0 Å². The second-order valence-corrected chi connectivity index (χ2v) is 3.71. The number of sulfonamides is 1. The molecule has 1 aromatic heterocycles. The Kier molecular flexibility index (Phi) is 2.26. The standard InChI is InChI=1S/C5H5N3O4S/c6-13(11,12)4-1-2-7-5(3-4)8(9)10/h1-3H,(H2,6,11,12). The van der Waals surface area contributed by atoms with Crippen molar-refractivity contribution in [2.75, 3.05) is 0 Å². The van der Waals surface area contributed by atoms with Gasteiger partial charge in [-0.05, 0) is 9.91 Å². The molecule has 0 unspecified atom stereocenters. The number of rotatable bonds is 2. The zero-order valence-corrected chi connectivity index (χ0v) is 7.06. The highest BCUT2D eigenvalue weighted by Gasteiger charge is 2.14. The highest BCUT2D eigenvalue weighted by molar-refractivity contribution is 7.89. The van der Waals surface area contributed by atoms with E-state index < -0.39 is 20.8 Å². The molecule has 8 heteroatoms. The number of pyridine rings is 1. The summed E-state index contributed by atoms with van der Waals surface area (Å²) in [6.07, 6.45) is 1.01. The van der Waals surface area contributed by atoms with Crippen LogP contribution >= 0.6 is 0 Å². The van der Waals surface area contributed by atoms with Crippen molar-refractivity contribution < 1.29 is 13.3 Å². The maximum Gasteiger partial charge on any atom is 0.364 e. The molecule has 0 amide bonds. The van der Waals surface area contributed by atoms with Crippen molar-refractivity contribution in [3.8, 4) is 0 Å². The van der Waals surface area contributed by atoms with Gasteiger partial charge in [0.15, 0.2) is 0 Å². The number of primary sulfonamides is 1. The van der Waals surface area contributed by atoms with Crippen LogP contribution in [-0.2, 0) is 10.0 Å². The lowest BCUT2D eigenvalue weighted by Gasteiger charge is -1.95. The Morgan fingerprint density at radius 3 is 2.62 bits per heavy atom. The summed E-state index contributed by atoms with van der Waals surface area (Å²) in [6, 6.07) is 1.89. The van der Waals surface area contributed by atoms with Crippen LogP contribution in [0.15, 0.2) is 23.2 Å². The van der Waals surface area contributed by atoms with Gasteiger partial charge in [0, 0.05) is 6.07 Å². The molecule has 0 saturated carbocycles. The molecule has 0 aromatic carbocycles. The zero-order chi connectivity index (χ0) is 10.1. The number of nitrogens with zero attached hydrogens (tertiary/aromatic N) is 2. The number of aromatic nitrogens is 1. The predicted octanol–water partition coefficient (Wildman–Crippen LogP) is -0.363. The highest BCUT2D eigenvalue weighted by Crippen LogP contribution is 2.12. The summed E-state index contributed by atoms with van der Waals surface area (Å²) in [5, 5.41) is 14.9. The van der Waals surface area contributed by atoms with Crippen LogP contribution in [-0.4, -0.2) is 18.3 Å². The first-order valence-corrected chi connectivity index (χ1v) is 4.59. The number of nitrogens with two attached hydrogens (primary N) is 1. The Hall–Kier alpha value is -1.54. The van der Waals surface area contributed by atoms with Crippen LogP contribution in [0.1, 0.15) is 0 Å². The summed E-state index contributed by atoms with van der Waals surface area (Å²) < 4.78 is 21.5. The van der Waals surface area contributed by atoms with Gasteiger partial charge in [-0.1, -0.05) is 0 Å². The Morgan fingerprint density at radius 2 is 2.15 bits per heavy atom. The van der Waals surface area contributed by atoms with Crippen molar-refractivity contribution in [1.29, 1.82) is 0 Å². The van der Waals surface area contributed by atoms with Crippen LogP contribution in [0, 0.1) is 10.1 Å². The second kappa shape index (κ2) is 3.07. The molecule has 0 spiro atoms. The summed E-state index contributed by atoms with van der Waals surface area (Å²) in [7, 11) is -3.90. The molecule has 7 nitrogen and oxygen atoms in total. The molecule has 13 heavy (non-hydrogen) atoms. The van der Waals surface area contributed by atoms with Crippen LogP contribution in [0.25, 0.3) is 0 Å². The van der Waals surface area contributed by atoms with Gasteiger partial charge in [-0.25, -0.2) is 13.6 Å². The van der Waals surface area contributed by atoms with Crippen LogP contribution < -0.4 is 5.14 Å². The number of hydrogen-bond acceptors (Lipinski definition) is 5. The van der Waals surface area contributed by atoms with Crippen molar-refractivity contribution in [3.05, 3.63) is 28.4 Å². The maximum absolute atomic E-state index is 10.7. The molecule has 0 radical (unpaired) electrons. The van der Waals surface area contributed by atoms with E-state index in [0.717, 1.165) is 18.3 Å². The minimum Gasteiger partial charge on any atom is -0.358 e. The first-order valence-electron chi connectivity index (χ1n) is 3.04. The molecule has 0 aliphatic rings. The molecule has 0 aliphatic carbocycles. The van der Waals surface area contributed by atoms with Crippen LogP contribution in [0.3, 0.4) is 0 Å². The third kappa shape index (κ3) is 2.20. The van der Waals surface area contributed by atoms with Gasteiger partial charge in [0.1, 0.15) is 6.20 Å². The van der Waals surface area contributed by atoms with Gasteiger partial charge >= 0.3 is 5.82 Å². The molecule has 0 fully saturated rings. The predicted molar refractivity (Wildman–Crippen MR) is 42.3 cm³/mol. The molecular weight excluding hydrogens is 198 g/mol. The molecule has 70 valence electrons. The smallest absolute Gasteiger partial charge is 0.358 e. The maximum atomic E-state index is 10.7. The van der Waals surface area contributed by atoms with Gasteiger partial charge in [-0.3, -0.25) is 0 Å². The van der Waals surface area contributed by atoms with Crippen molar-refractivity contribution >= 4 is 15.8 Å². The summed E-state index contributed by atoms with van der Waals surface area (Å²) in [5.41, 5.74) is 0. The first kappa shape index (κ1) is 9.55. The Labute approximate surface area is 73.4 Å². The van der Waals surface area contributed by atoms with Gasteiger partial charge in [0.05, 0.1) is 11.0 Å². The SMILES string of the molecule is NS(=O)(=O)c1ccnc([N+](=O)[O-])c1. The van der Waals surface area contributed by atoms with Crippen LogP contribution in [0.2, 0.25) is 0 Å². The largest absolute Gasteiger partial charge is 0.364 e. The summed E-state index contributed by atoms with van der Waals surface area (Å²) in [4.78, 5) is 12.4. The Balaban J connectivity index is 3.29. The Morgan fingerprint density at radius 1 is 1.54 bits per heavy atom. The fraction of sp³-hybridized carbons (Fsp3) is 0. The van der Waals surface area contributed by atoms with Crippen molar-refractivity contribution in [2.24, 2.45) is 5.14 Å². The molecule has 0 saturated heterocycles. The van der Waals surface area contributed by atoms with E-state index in [1.165, 1.54) is 0 Å². The van der Waals surface area contributed by atoms with Crippen LogP contribution in [0.4, 0.5) is 5.82 Å². The van der Waals surface area contributed by atoms with Gasteiger partial charge in [0.2, 0.25) is 10.0 Å². The topological polar surface area (TPSA) is 116 Å². The van der Waals surface area contributed by atoms with E-state index in [0.29, 0.717) is 0 Å². The average Bonchev–Trinajstić information content (AvgIpc) is 2.03. The Bertz CT molecular complexity index is 441. The van der Waals surface area contributed by atoms with Crippen molar-refractivity contribution in [1.82, 2.24) is 4.98 Å². The van der Waals surface area contributed by atoms with E-state index in [1.807, 2.05) is 0 Å². The fourth-order valence-corrected chi connectivity index (χ4v) is 1.20. The normalized spacial score (nSPS) is 11.2. The van der Waals surface area contributed by atoms with E-state index in [2.05, 4.69) is 4.98 Å². The quantitative estimate of drug-likeness (QED) is 0.520. The number of hydrogen-bond donors (Lipinski definition) is 1. The fourth-order valence-electron chi connectivity index (χ4n) is 0.677. The zero-order valence-electron chi connectivity index (χ0n) is 6.25. The summed E-state index contributed by atoms with van der Waals surface area (Å²) in [5.74, 6) is -0.550. The van der Waals surface area contributed by atoms with E-state index in [1.54, 1.807) is 0 Å². The molecule has 1 heterocycles. The molecule has 1 aromatic rings. The summed E-state index contributed by atoms with van der Waals surface area (Å²) >= 11 is 0. The molecule has 0 bridgehead atoms. The molecule has 0 atom stereocenters. The first-order chi connectivity index (χ1) is 5.91. The number of nitro groups is 1. The van der Waals surface area contributed by atoms with Gasteiger partial charge < -0.3 is 10.1 Å². The van der Waals surface area contributed by atoms with Gasteiger partial charge in [0.25, 0.3) is 0 Å². The average molecular weight is 203 g/mol. The lowest BCUT2D eigenvalue weighted by Crippen LogP contribution is -2.12. The minimum atomic E-state index is -3.90. The third-order valence-corrected chi connectivity index (χ3v) is 2.14. The second-order valence-electron chi connectivity index (χ2n) is 2.15. The van der Waals surface area contributed by atoms with Gasteiger partial charge in [-0.15, -0.1) is 0 Å². The van der Waals surface area contributed by atoms with E-state index in [4.69, 9.17) is 5.14 Å². The monoisotopic (exact) mass is 203 g/mol. The summed E-state index contributed by atoms with van der Waals surface area (Å²) in [6.45, 7) is 0. The minimum absolute atomic E-state index is 0.325. The molecule has 0 aliphatic heterocycles. The van der Waals surface area contributed by atoms with E-state index >= 15 is 0 Å². The highest BCUT2D eigenvalue weighted by atomic mass is 32.2. The third-order valence-electron chi connectivity index (χ3n) is 1.23. The van der Waals surface area contributed by atoms with E-state index in [-0.39, 0.29) is 4.90 Å². The lowest BCUT2D eigenvalue weighted by molar-refractivity contribution is -0.389. The lowest BCUT2D eigenvalue weighted by atomic mass is 10.5. The molecular formula is C5H5N3O4S. The van der Waals surface area contributed by atoms with Crippen molar-refractivity contribution in [2.45, 2.75) is 4.90 Å². The van der Waals surface area contributed by atoms with Crippen molar-refractivity contribution in [3.63, 3.8) is 0 Å². The van der Waals surface area contributed by atoms with Crippen LogP contribution in [0.5, 0.6) is 0 Å². The molecule has 1 rings (SSSR count).